The number of hydrogen-bond acceptors (Lipinski definition) is 3. The van der Waals surface area contributed by atoms with Crippen molar-refractivity contribution in [3.63, 3.8) is 0 Å². The number of ether oxygens (including phenoxy) is 1. The van der Waals surface area contributed by atoms with E-state index in [2.05, 4.69) is 5.32 Å². The van der Waals surface area contributed by atoms with Crippen LogP contribution in [0.15, 0.2) is 30.3 Å². The van der Waals surface area contributed by atoms with Crippen LogP contribution in [0.2, 0.25) is 0 Å². The first-order valence-corrected chi connectivity index (χ1v) is 6.93. The molecule has 19 heavy (non-hydrogen) atoms. The highest BCUT2D eigenvalue weighted by Crippen LogP contribution is 2.18. The maximum absolute atomic E-state index is 12.1. The third-order valence-electron chi connectivity index (χ3n) is 3.51. The largest absolute Gasteiger partial charge is 0.445 e. The van der Waals surface area contributed by atoms with E-state index >= 15 is 0 Å². The lowest BCUT2D eigenvalue weighted by Gasteiger charge is -2.34. The van der Waals surface area contributed by atoms with E-state index in [-0.39, 0.29) is 12.1 Å². The lowest BCUT2D eigenvalue weighted by atomic mass is 10.0. The quantitative estimate of drug-likeness (QED) is 0.906. The molecule has 1 amide bonds. The second kappa shape index (κ2) is 7.14. The molecule has 0 aliphatic carbocycles. The van der Waals surface area contributed by atoms with Crippen molar-refractivity contribution in [1.29, 1.82) is 0 Å². The number of carbonyl (C=O) groups excluding carboxylic acids is 1. The maximum atomic E-state index is 12.1. The van der Waals surface area contributed by atoms with Crippen LogP contribution in [-0.4, -0.2) is 37.2 Å². The van der Waals surface area contributed by atoms with Crippen LogP contribution in [0.5, 0.6) is 0 Å². The van der Waals surface area contributed by atoms with Crippen molar-refractivity contribution in [1.82, 2.24) is 10.2 Å². The number of piperidine rings is 1. The summed E-state index contributed by atoms with van der Waals surface area (Å²) in [6.45, 7) is 1.99. The molecule has 1 heterocycles. The average molecular weight is 262 g/mol. The van der Waals surface area contributed by atoms with Crippen LogP contribution >= 0.6 is 0 Å². The highest BCUT2D eigenvalue weighted by Gasteiger charge is 2.27. The topological polar surface area (TPSA) is 41.6 Å². The monoisotopic (exact) mass is 262 g/mol. The zero-order valence-corrected chi connectivity index (χ0v) is 11.5. The maximum Gasteiger partial charge on any atom is 0.410 e. The van der Waals surface area contributed by atoms with Gasteiger partial charge < -0.3 is 15.0 Å². The van der Waals surface area contributed by atoms with E-state index in [4.69, 9.17) is 4.74 Å². The molecule has 0 radical (unpaired) electrons. The van der Waals surface area contributed by atoms with Crippen molar-refractivity contribution in [3.05, 3.63) is 35.9 Å². The predicted molar refractivity (Wildman–Crippen MR) is 74.9 cm³/mol. The number of benzene rings is 1. The van der Waals surface area contributed by atoms with Crippen molar-refractivity contribution < 1.29 is 9.53 Å². The molecule has 4 heteroatoms. The molecule has 0 aromatic heterocycles. The number of rotatable bonds is 4. The summed E-state index contributed by atoms with van der Waals surface area (Å²) in [6, 6.07) is 10.1. The second-order valence-corrected chi connectivity index (χ2v) is 4.94. The Balaban J connectivity index is 1.87. The molecule has 4 nitrogen and oxygen atoms in total. The van der Waals surface area contributed by atoms with Crippen LogP contribution in [0.25, 0.3) is 0 Å². The van der Waals surface area contributed by atoms with Crippen LogP contribution in [0.1, 0.15) is 24.8 Å². The number of hydrogen-bond donors (Lipinski definition) is 1. The first kappa shape index (κ1) is 13.9. The zero-order chi connectivity index (χ0) is 13.5. The summed E-state index contributed by atoms with van der Waals surface area (Å²) in [7, 11) is 1.92. The molecule has 0 spiro atoms. The molecule has 1 aliphatic rings. The smallest absolute Gasteiger partial charge is 0.410 e. The molecule has 0 bridgehead atoms. The molecule has 1 atom stereocenters. The number of amides is 1. The van der Waals surface area contributed by atoms with E-state index in [1.54, 1.807) is 0 Å². The molecule has 1 aliphatic heterocycles. The number of likely N-dealkylation sites (tertiary alicyclic amines) is 1. The number of likely N-dealkylation sites (N-methyl/N-ethyl adjacent to an activating group) is 1. The Labute approximate surface area is 114 Å². The third kappa shape index (κ3) is 3.96. The van der Waals surface area contributed by atoms with Crippen LogP contribution in [0, 0.1) is 0 Å². The zero-order valence-electron chi connectivity index (χ0n) is 11.5. The lowest BCUT2D eigenvalue weighted by molar-refractivity contribution is 0.0684. The average Bonchev–Trinajstić information content (AvgIpc) is 2.47. The number of carbonyl (C=O) groups is 1. The van der Waals surface area contributed by atoms with Gasteiger partial charge in [-0.15, -0.1) is 0 Å². The molecule has 1 fully saturated rings. The highest BCUT2D eigenvalue weighted by molar-refractivity contribution is 5.68. The van der Waals surface area contributed by atoms with Crippen LogP contribution in [0.3, 0.4) is 0 Å². The fourth-order valence-corrected chi connectivity index (χ4v) is 2.49. The second-order valence-electron chi connectivity index (χ2n) is 4.94. The summed E-state index contributed by atoms with van der Waals surface area (Å²) in [5.41, 5.74) is 1.03. The van der Waals surface area contributed by atoms with Gasteiger partial charge in [-0.1, -0.05) is 30.3 Å². The first-order valence-electron chi connectivity index (χ1n) is 6.93. The predicted octanol–water partition coefficient (Wildman–Crippen LogP) is 2.40. The highest BCUT2D eigenvalue weighted by atomic mass is 16.6. The minimum atomic E-state index is -0.191. The van der Waals surface area contributed by atoms with Crippen molar-refractivity contribution >= 4 is 6.09 Å². The Morgan fingerprint density at radius 1 is 1.37 bits per heavy atom. The summed E-state index contributed by atoms with van der Waals surface area (Å²) >= 11 is 0. The van der Waals surface area contributed by atoms with Crippen molar-refractivity contribution in [3.8, 4) is 0 Å². The SMILES string of the molecule is CNC[C@H]1CCCCN1C(=O)OCc1ccccc1. The van der Waals surface area contributed by atoms with E-state index in [9.17, 15) is 4.79 Å². The molecular formula is C15H22N2O2. The Kier molecular flexibility index (Phi) is 5.21. The van der Waals surface area contributed by atoms with Crippen LogP contribution in [0.4, 0.5) is 4.79 Å². The van der Waals surface area contributed by atoms with E-state index in [1.165, 1.54) is 6.42 Å². The summed E-state index contributed by atoms with van der Waals surface area (Å²) < 4.78 is 5.40. The van der Waals surface area contributed by atoms with Crippen molar-refractivity contribution in [2.75, 3.05) is 20.1 Å². The van der Waals surface area contributed by atoms with Crippen LogP contribution < -0.4 is 5.32 Å². The van der Waals surface area contributed by atoms with Gasteiger partial charge in [0, 0.05) is 19.1 Å². The molecule has 1 saturated heterocycles. The number of nitrogens with zero attached hydrogens (tertiary/aromatic N) is 1. The van der Waals surface area contributed by atoms with Gasteiger partial charge in [-0.05, 0) is 31.9 Å². The van der Waals surface area contributed by atoms with Gasteiger partial charge in [0.25, 0.3) is 0 Å². The van der Waals surface area contributed by atoms with Gasteiger partial charge in [-0.25, -0.2) is 4.79 Å². The van der Waals surface area contributed by atoms with Gasteiger partial charge in [-0.2, -0.15) is 0 Å². The van der Waals surface area contributed by atoms with E-state index < -0.39 is 0 Å². The summed E-state index contributed by atoms with van der Waals surface area (Å²) in [4.78, 5) is 14.0. The van der Waals surface area contributed by atoms with Gasteiger partial charge in [0.1, 0.15) is 6.61 Å². The Morgan fingerprint density at radius 2 is 2.16 bits per heavy atom. The Morgan fingerprint density at radius 3 is 2.89 bits per heavy atom. The fourth-order valence-electron chi connectivity index (χ4n) is 2.49. The summed E-state index contributed by atoms with van der Waals surface area (Å²) in [5, 5.41) is 3.15. The molecule has 0 unspecified atom stereocenters. The molecule has 1 aromatic carbocycles. The van der Waals surface area contributed by atoms with Crippen molar-refractivity contribution in [2.24, 2.45) is 0 Å². The summed E-state index contributed by atoms with van der Waals surface area (Å²) in [6.07, 6.45) is 3.13. The van der Waals surface area contributed by atoms with E-state index in [0.717, 1.165) is 31.5 Å². The Bertz CT molecular complexity index is 392. The molecule has 104 valence electrons. The van der Waals surface area contributed by atoms with Gasteiger partial charge in [0.15, 0.2) is 0 Å². The minimum absolute atomic E-state index is 0.191. The van der Waals surface area contributed by atoms with Crippen molar-refractivity contribution in [2.45, 2.75) is 31.9 Å². The number of nitrogens with one attached hydrogen (secondary N) is 1. The van der Waals surface area contributed by atoms with Gasteiger partial charge in [0.2, 0.25) is 0 Å². The fraction of sp³-hybridized carbons (Fsp3) is 0.533. The first-order chi connectivity index (χ1) is 9.31. The van der Waals surface area contributed by atoms with Gasteiger partial charge in [-0.3, -0.25) is 0 Å². The molecular weight excluding hydrogens is 240 g/mol. The van der Waals surface area contributed by atoms with E-state index in [1.807, 2.05) is 42.3 Å². The van der Waals surface area contributed by atoms with Crippen LogP contribution in [-0.2, 0) is 11.3 Å². The standard InChI is InChI=1S/C15H22N2O2/c1-16-11-14-9-5-6-10-17(14)15(18)19-12-13-7-3-2-4-8-13/h2-4,7-8,14,16H,5-6,9-12H2,1H3/t14-/m1/s1. The lowest BCUT2D eigenvalue weighted by Crippen LogP contribution is -2.48. The normalized spacial score (nSPS) is 19.2. The van der Waals surface area contributed by atoms with E-state index in [0.29, 0.717) is 6.61 Å². The van der Waals surface area contributed by atoms with Gasteiger partial charge >= 0.3 is 6.09 Å². The molecule has 1 aromatic rings. The molecule has 1 N–H and O–H groups in total. The summed E-state index contributed by atoms with van der Waals surface area (Å²) in [5.74, 6) is 0. The molecule has 0 saturated carbocycles. The third-order valence-corrected chi connectivity index (χ3v) is 3.51. The Hall–Kier alpha value is -1.55. The minimum Gasteiger partial charge on any atom is -0.445 e. The van der Waals surface area contributed by atoms with Gasteiger partial charge in [0.05, 0.1) is 0 Å². The molecule has 2 rings (SSSR count).